The second-order valence-electron chi connectivity index (χ2n) is 4.40. The Morgan fingerprint density at radius 1 is 1.36 bits per heavy atom. The molecule has 0 aliphatic rings. The monoisotopic (exact) mass is 315 g/mol. The lowest BCUT2D eigenvalue weighted by Crippen LogP contribution is -2.20. The molecule has 0 spiro atoms. The SMILES string of the molecule is COc1ccccc1NC(=O)Cn1nnc(-c2ccsc2)n1. The first-order valence-electron chi connectivity index (χ1n) is 6.49. The highest BCUT2D eigenvalue weighted by atomic mass is 32.1. The molecule has 0 bridgehead atoms. The molecule has 0 saturated heterocycles. The van der Waals surface area contributed by atoms with E-state index in [9.17, 15) is 4.79 Å². The number of thiophene rings is 1. The third kappa shape index (κ3) is 3.12. The predicted octanol–water partition coefficient (Wildman–Crippen LogP) is 2.05. The van der Waals surface area contributed by atoms with E-state index in [1.165, 1.54) is 4.80 Å². The van der Waals surface area contributed by atoms with Gasteiger partial charge >= 0.3 is 0 Å². The lowest BCUT2D eigenvalue weighted by Gasteiger charge is -2.09. The van der Waals surface area contributed by atoms with E-state index in [0.717, 1.165) is 5.56 Å². The number of rotatable bonds is 5. The Labute approximate surface area is 130 Å². The van der Waals surface area contributed by atoms with Crippen LogP contribution in [0.5, 0.6) is 5.75 Å². The minimum atomic E-state index is -0.251. The molecule has 3 aromatic rings. The van der Waals surface area contributed by atoms with Crippen molar-refractivity contribution in [1.29, 1.82) is 0 Å². The molecule has 0 atom stereocenters. The van der Waals surface area contributed by atoms with Gasteiger partial charge in [-0.1, -0.05) is 12.1 Å². The summed E-state index contributed by atoms with van der Waals surface area (Å²) >= 11 is 1.55. The van der Waals surface area contributed by atoms with Gasteiger partial charge in [-0.05, 0) is 28.8 Å². The van der Waals surface area contributed by atoms with Gasteiger partial charge in [0, 0.05) is 10.9 Å². The molecule has 0 saturated carbocycles. The fourth-order valence-electron chi connectivity index (χ4n) is 1.88. The van der Waals surface area contributed by atoms with Gasteiger partial charge in [-0.15, -0.1) is 10.2 Å². The number of anilines is 1. The first kappa shape index (κ1) is 14.2. The van der Waals surface area contributed by atoms with Crippen molar-refractivity contribution in [2.24, 2.45) is 0 Å². The summed E-state index contributed by atoms with van der Waals surface area (Å²) in [5.41, 5.74) is 1.49. The summed E-state index contributed by atoms with van der Waals surface area (Å²) in [7, 11) is 1.55. The molecule has 3 rings (SSSR count). The number of carbonyl (C=O) groups excluding carboxylic acids is 1. The molecule has 2 aromatic heterocycles. The smallest absolute Gasteiger partial charge is 0.248 e. The average molecular weight is 315 g/mol. The number of methoxy groups -OCH3 is 1. The quantitative estimate of drug-likeness (QED) is 0.779. The topological polar surface area (TPSA) is 81.9 Å². The third-order valence-corrected chi connectivity index (χ3v) is 3.58. The number of carbonyl (C=O) groups is 1. The zero-order chi connectivity index (χ0) is 15.4. The summed E-state index contributed by atoms with van der Waals surface area (Å²) in [6.45, 7) is -0.0187. The maximum atomic E-state index is 12.1. The molecule has 8 heteroatoms. The minimum Gasteiger partial charge on any atom is -0.495 e. The highest BCUT2D eigenvalue weighted by Gasteiger charge is 2.11. The second kappa shape index (κ2) is 6.35. The molecule has 22 heavy (non-hydrogen) atoms. The van der Waals surface area contributed by atoms with Gasteiger partial charge in [-0.25, -0.2) is 0 Å². The highest BCUT2D eigenvalue weighted by Crippen LogP contribution is 2.23. The fraction of sp³-hybridized carbons (Fsp3) is 0.143. The van der Waals surface area contributed by atoms with Gasteiger partial charge in [0.1, 0.15) is 12.3 Å². The number of nitrogens with one attached hydrogen (secondary N) is 1. The normalized spacial score (nSPS) is 10.4. The number of amides is 1. The van der Waals surface area contributed by atoms with Crippen molar-refractivity contribution in [2.75, 3.05) is 12.4 Å². The van der Waals surface area contributed by atoms with E-state index in [4.69, 9.17) is 4.74 Å². The van der Waals surface area contributed by atoms with E-state index in [1.807, 2.05) is 29.0 Å². The van der Waals surface area contributed by atoms with Gasteiger partial charge in [0.2, 0.25) is 11.7 Å². The highest BCUT2D eigenvalue weighted by molar-refractivity contribution is 7.08. The van der Waals surface area contributed by atoms with Crippen LogP contribution in [0.1, 0.15) is 0 Å². The molecule has 0 aliphatic heterocycles. The molecule has 0 unspecified atom stereocenters. The minimum absolute atomic E-state index is 0.0187. The number of para-hydroxylation sites is 2. The number of aromatic nitrogens is 4. The van der Waals surface area contributed by atoms with Gasteiger partial charge in [-0.3, -0.25) is 4.79 Å². The van der Waals surface area contributed by atoms with Crippen LogP contribution < -0.4 is 10.1 Å². The van der Waals surface area contributed by atoms with E-state index in [2.05, 4.69) is 20.7 Å². The van der Waals surface area contributed by atoms with Crippen molar-refractivity contribution in [2.45, 2.75) is 6.54 Å². The van der Waals surface area contributed by atoms with Crippen LogP contribution in [-0.4, -0.2) is 33.2 Å². The molecule has 1 N–H and O–H groups in total. The second-order valence-corrected chi connectivity index (χ2v) is 5.18. The van der Waals surface area contributed by atoms with Crippen LogP contribution in [0.25, 0.3) is 11.4 Å². The summed E-state index contributed by atoms with van der Waals surface area (Å²) in [5.74, 6) is 0.853. The van der Waals surface area contributed by atoms with Gasteiger partial charge in [-0.2, -0.15) is 16.1 Å². The number of ether oxygens (including phenoxy) is 1. The fourth-order valence-corrected chi connectivity index (χ4v) is 2.52. The first-order valence-corrected chi connectivity index (χ1v) is 7.44. The molecular weight excluding hydrogens is 302 g/mol. The van der Waals surface area contributed by atoms with Crippen molar-refractivity contribution < 1.29 is 9.53 Å². The van der Waals surface area contributed by atoms with Crippen molar-refractivity contribution in [3.63, 3.8) is 0 Å². The number of nitrogens with zero attached hydrogens (tertiary/aromatic N) is 4. The van der Waals surface area contributed by atoms with Gasteiger partial charge in [0.15, 0.2) is 0 Å². The summed E-state index contributed by atoms with van der Waals surface area (Å²) in [4.78, 5) is 13.3. The zero-order valence-corrected chi connectivity index (χ0v) is 12.6. The number of hydrogen-bond donors (Lipinski definition) is 1. The van der Waals surface area contributed by atoms with Crippen molar-refractivity contribution >= 4 is 22.9 Å². The summed E-state index contributed by atoms with van der Waals surface area (Å²) in [6, 6.07) is 9.10. The Kier molecular flexibility index (Phi) is 4.10. The molecule has 0 radical (unpaired) electrons. The summed E-state index contributed by atoms with van der Waals surface area (Å²) in [6.07, 6.45) is 0. The van der Waals surface area contributed by atoms with E-state index >= 15 is 0 Å². The van der Waals surface area contributed by atoms with Crippen LogP contribution in [0.15, 0.2) is 41.1 Å². The predicted molar refractivity (Wildman–Crippen MR) is 82.8 cm³/mol. The maximum Gasteiger partial charge on any atom is 0.248 e. The molecule has 112 valence electrons. The third-order valence-electron chi connectivity index (χ3n) is 2.90. The molecule has 1 amide bonds. The first-order chi connectivity index (χ1) is 10.8. The van der Waals surface area contributed by atoms with Crippen LogP contribution in [-0.2, 0) is 11.3 Å². The number of benzene rings is 1. The Hall–Kier alpha value is -2.74. The Morgan fingerprint density at radius 3 is 3.00 bits per heavy atom. The molecular formula is C14H13N5O2S. The average Bonchev–Trinajstić information content (AvgIpc) is 3.18. The van der Waals surface area contributed by atoms with E-state index in [-0.39, 0.29) is 12.5 Å². The van der Waals surface area contributed by atoms with Gasteiger partial charge in [0.25, 0.3) is 0 Å². The number of hydrogen-bond acceptors (Lipinski definition) is 6. The number of tetrazole rings is 1. The van der Waals surface area contributed by atoms with Crippen LogP contribution in [0.4, 0.5) is 5.69 Å². The molecule has 0 aliphatic carbocycles. The lowest BCUT2D eigenvalue weighted by molar-refractivity contribution is -0.117. The van der Waals surface area contributed by atoms with Crippen molar-refractivity contribution in [3.8, 4) is 17.1 Å². The zero-order valence-electron chi connectivity index (χ0n) is 11.8. The Bertz CT molecular complexity index is 769. The van der Waals surface area contributed by atoms with Crippen LogP contribution >= 0.6 is 11.3 Å². The largest absolute Gasteiger partial charge is 0.495 e. The lowest BCUT2D eigenvalue weighted by atomic mass is 10.3. The van der Waals surface area contributed by atoms with Crippen LogP contribution in [0, 0.1) is 0 Å². The summed E-state index contributed by atoms with van der Waals surface area (Å²) < 4.78 is 5.19. The van der Waals surface area contributed by atoms with Crippen molar-refractivity contribution in [3.05, 3.63) is 41.1 Å². The summed E-state index contributed by atoms with van der Waals surface area (Å²) in [5, 5.41) is 18.6. The van der Waals surface area contributed by atoms with Crippen LogP contribution in [0.2, 0.25) is 0 Å². The van der Waals surface area contributed by atoms with Crippen LogP contribution in [0.3, 0.4) is 0 Å². The maximum absolute atomic E-state index is 12.1. The standard InChI is InChI=1S/C14H13N5O2S/c1-21-12-5-3-2-4-11(12)15-13(20)8-19-17-14(16-18-19)10-6-7-22-9-10/h2-7,9H,8H2,1H3,(H,15,20). The molecule has 0 fully saturated rings. The van der Waals surface area contributed by atoms with E-state index in [0.29, 0.717) is 17.3 Å². The van der Waals surface area contributed by atoms with E-state index < -0.39 is 0 Å². The molecule has 7 nitrogen and oxygen atoms in total. The molecule has 1 aromatic carbocycles. The Morgan fingerprint density at radius 2 is 2.23 bits per heavy atom. The Balaban J connectivity index is 1.67. The van der Waals surface area contributed by atoms with Gasteiger partial charge in [0.05, 0.1) is 12.8 Å². The molecule has 2 heterocycles. The van der Waals surface area contributed by atoms with E-state index in [1.54, 1.807) is 30.6 Å². The van der Waals surface area contributed by atoms with Gasteiger partial charge < -0.3 is 10.1 Å². The van der Waals surface area contributed by atoms with Crippen molar-refractivity contribution in [1.82, 2.24) is 20.2 Å².